The topological polar surface area (TPSA) is 85.0 Å². The maximum atomic E-state index is 12.1. The molecule has 3 heterocycles. The highest BCUT2D eigenvalue weighted by atomic mass is 16.2. The Labute approximate surface area is 148 Å². The predicted molar refractivity (Wildman–Crippen MR) is 97.8 cm³/mol. The number of carbonyl (C=O) groups is 1. The summed E-state index contributed by atoms with van der Waals surface area (Å²) < 4.78 is 0. The minimum Gasteiger partial charge on any atom is -0.368 e. The van der Waals surface area contributed by atoms with Crippen LogP contribution in [0.1, 0.15) is 44.0 Å². The van der Waals surface area contributed by atoms with Crippen LogP contribution in [0.5, 0.6) is 0 Å². The fourth-order valence-corrected chi connectivity index (χ4v) is 3.32. The summed E-state index contributed by atoms with van der Waals surface area (Å²) >= 11 is 0. The Bertz CT molecular complexity index is 749. The molecule has 6 heteroatoms. The SMILES string of the molecule is Cc1cc(-c2cnc(N)nc2)cc(C2CCN(C(=O)C(C)C)CC2)n1. The first-order valence-corrected chi connectivity index (χ1v) is 8.79. The van der Waals surface area contributed by atoms with E-state index in [9.17, 15) is 4.79 Å². The van der Waals surface area contributed by atoms with Crippen molar-refractivity contribution < 1.29 is 4.79 Å². The van der Waals surface area contributed by atoms with Gasteiger partial charge in [0.15, 0.2) is 0 Å². The Morgan fingerprint density at radius 2 is 1.80 bits per heavy atom. The lowest BCUT2D eigenvalue weighted by Gasteiger charge is -2.33. The first kappa shape index (κ1) is 17.3. The van der Waals surface area contributed by atoms with E-state index in [1.807, 2.05) is 31.7 Å². The lowest BCUT2D eigenvalue weighted by Crippen LogP contribution is -2.40. The van der Waals surface area contributed by atoms with E-state index in [-0.39, 0.29) is 17.8 Å². The van der Waals surface area contributed by atoms with Gasteiger partial charge in [-0.05, 0) is 37.5 Å². The third-order valence-electron chi connectivity index (χ3n) is 4.70. The molecule has 2 aromatic heterocycles. The van der Waals surface area contributed by atoms with E-state index in [0.29, 0.717) is 5.92 Å². The number of aromatic nitrogens is 3. The Hall–Kier alpha value is -2.50. The van der Waals surface area contributed by atoms with Crippen molar-refractivity contribution in [3.63, 3.8) is 0 Å². The van der Waals surface area contributed by atoms with Crippen LogP contribution in [0.3, 0.4) is 0 Å². The molecule has 1 aliphatic heterocycles. The fraction of sp³-hybridized carbons (Fsp3) is 0.474. The maximum Gasteiger partial charge on any atom is 0.225 e. The second-order valence-corrected chi connectivity index (χ2v) is 7.01. The van der Waals surface area contributed by atoms with Crippen LogP contribution in [0.15, 0.2) is 24.5 Å². The summed E-state index contributed by atoms with van der Waals surface area (Å²) in [6, 6.07) is 4.16. The van der Waals surface area contributed by atoms with Crippen LogP contribution in [0.2, 0.25) is 0 Å². The molecule has 0 atom stereocenters. The van der Waals surface area contributed by atoms with E-state index in [1.165, 1.54) is 0 Å². The largest absolute Gasteiger partial charge is 0.368 e. The molecular formula is C19H25N5O. The summed E-state index contributed by atoms with van der Waals surface area (Å²) in [6.45, 7) is 7.52. The van der Waals surface area contributed by atoms with Gasteiger partial charge in [-0.2, -0.15) is 0 Å². The number of amides is 1. The zero-order valence-corrected chi connectivity index (χ0v) is 15.1. The number of piperidine rings is 1. The Morgan fingerprint density at radius 3 is 2.40 bits per heavy atom. The van der Waals surface area contributed by atoms with E-state index in [4.69, 9.17) is 10.7 Å². The number of pyridine rings is 1. The number of likely N-dealkylation sites (tertiary alicyclic amines) is 1. The molecule has 0 aromatic carbocycles. The summed E-state index contributed by atoms with van der Waals surface area (Å²) in [5.74, 6) is 0.961. The second kappa shape index (κ2) is 7.17. The molecule has 1 saturated heterocycles. The molecule has 0 aliphatic carbocycles. The molecule has 1 aliphatic rings. The number of nitrogen functional groups attached to an aromatic ring is 1. The minimum atomic E-state index is 0.0609. The molecule has 6 nitrogen and oxygen atoms in total. The number of nitrogens with zero attached hydrogens (tertiary/aromatic N) is 4. The van der Waals surface area contributed by atoms with Crippen molar-refractivity contribution in [3.05, 3.63) is 35.9 Å². The van der Waals surface area contributed by atoms with Crippen molar-refractivity contribution in [3.8, 4) is 11.1 Å². The Kier molecular flexibility index (Phi) is 4.97. The van der Waals surface area contributed by atoms with E-state index in [2.05, 4.69) is 16.0 Å². The van der Waals surface area contributed by atoms with Crippen LogP contribution < -0.4 is 5.73 Å². The van der Waals surface area contributed by atoms with Gasteiger partial charge in [0.25, 0.3) is 0 Å². The number of aryl methyl sites for hydroxylation is 1. The molecule has 0 unspecified atom stereocenters. The van der Waals surface area contributed by atoms with E-state index in [0.717, 1.165) is 48.4 Å². The summed E-state index contributed by atoms with van der Waals surface area (Å²) in [7, 11) is 0. The van der Waals surface area contributed by atoms with E-state index < -0.39 is 0 Å². The van der Waals surface area contributed by atoms with Crippen molar-refractivity contribution in [2.24, 2.45) is 5.92 Å². The quantitative estimate of drug-likeness (QED) is 0.929. The van der Waals surface area contributed by atoms with Gasteiger partial charge < -0.3 is 10.6 Å². The molecule has 0 bridgehead atoms. The zero-order valence-electron chi connectivity index (χ0n) is 15.1. The van der Waals surface area contributed by atoms with Gasteiger partial charge in [0.2, 0.25) is 11.9 Å². The second-order valence-electron chi connectivity index (χ2n) is 7.01. The van der Waals surface area contributed by atoms with Gasteiger partial charge in [-0.1, -0.05) is 13.8 Å². The van der Waals surface area contributed by atoms with Crippen molar-refractivity contribution in [2.45, 2.75) is 39.5 Å². The summed E-state index contributed by atoms with van der Waals surface area (Å²) in [5.41, 5.74) is 9.63. The summed E-state index contributed by atoms with van der Waals surface area (Å²) in [6.07, 6.45) is 5.38. The average molecular weight is 339 g/mol. The predicted octanol–water partition coefficient (Wildman–Crippen LogP) is 2.79. The smallest absolute Gasteiger partial charge is 0.225 e. The molecule has 0 saturated carbocycles. The van der Waals surface area contributed by atoms with Crippen LogP contribution in [-0.2, 0) is 4.79 Å². The number of carbonyl (C=O) groups excluding carboxylic acids is 1. The fourth-order valence-electron chi connectivity index (χ4n) is 3.32. The van der Waals surface area contributed by atoms with Gasteiger partial charge in [0, 0.05) is 54.3 Å². The van der Waals surface area contributed by atoms with Crippen molar-refractivity contribution in [1.29, 1.82) is 0 Å². The number of anilines is 1. The van der Waals surface area contributed by atoms with Gasteiger partial charge in [-0.15, -0.1) is 0 Å². The van der Waals surface area contributed by atoms with Crippen molar-refractivity contribution in [2.75, 3.05) is 18.8 Å². The van der Waals surface area contributed by atoms with Gasteiger partial charge in [0.1, 0.15) is 0 Å². The number of hydrogen-bond acceptors (Lipinski definition) is 5. The normalized spacial score (nSPS) is 15.6. The molecule has 2 aromatic rings. The molecule has 1 fully saturated rings. The molecule has 25 heavy (non-hydrogen) atoms. The highest BCUT2D eigenvalue weighted by molar-refractivity contribution is 5.78. The zero-order chi connectivity index (χ0) is 18.0. The number of hydrogen-bond donors (Lipinski definition) is 1. The minimum absolute atomic E-state index is 0.0609. The van der Waals surface area contributed by atoms with E-state index in [1.54, 1.807) is 12.4 Å². The Balaban J connectivity index is 1.77. The highest BCUT2D eigenvalue weighted by Gasteiger charge is 2.26. The molecule has 3 rings (SSSR count). The number of nitrogens with two attached hydrogens (primary N) is 1. The van der Waals surface area contributed by atoms with Crippen LogP contribution in [-0.4, -0.2) is 38.8 Å². The third-order valence-corrected chi connectivity index (χ3v) is 4.70. The molecule has 132 valence electrons. The van der Waals surface area contributed by atoms with Gasteiger partial charge >= 0.3 is 0 Å². The lowest BCUT2D eigenvalue weighted by atomic mass is 9.91. The Morgan fingerprint density at radius 1 is 1.16 bits per heavy atom. The summed E-state index contributed by atoms with van der Waals surface area (Å²) in [5, 5.41) is 0. The third kappa shape index (κ3) is 3.95. The lowest BCUT2D eigenvalue weighted by molar-refractivity contribution is -0.135. The molecule has 0 radical (unpaired) electrons. The first-order valence-electron chi connectivity index (χ1n) is 8.79. The van der Waals surface area contributed by atoms with Crippen molar-refractivity contribution >= 4 is 11.9 Å². The standard InChI is InChI=1S/C19H25N5O/c1-12(2)18(25)24-6-4-14(5-7-24)17-9-15(8-13(3)23-17)16-10-21-19(20)22-11-16/h8-12,14H,4-7H2,1-3H3,(H2,20,21,22). The summed E-state index contributed by atoms with van der Waals surface area (Å²) in [4.78, 5) is 27.0. The first-order chi connectivity index (χ1) is 11.9. The molecule has 2 N–H and O–H groups in total. The molecule has 1 amide bonds. The van der Waals surface area contributed by atoms with Gasteiger partial charge in [0.05, 0.1) is 0 Å². The van der Waals surface area contributed by atoms with Gasteiger partial charge in [-0.25, -0.2) is 9.97 Å². The monoisotopic (exact) mass is 339 g/mol. The maximum absolute atomic E-state index is 12.1. The van der Waals surface area contributed by atoms with Crippen LogP contribution in [0.25, 0.3) is 11.1 Å². The van der Waals surface area contributed by atoms with Crippen LogP contribution in [0, 0.1) is 12.8 Å². The van der Waals surface area contributed by atoms with E-state index >= 15 is 0 Å². The van der Waals surface area contributed by atoms with Crippen LogP contribution in [0.4, 0.5) is 5.95 Å². The number of rotatable bonds is 3. The molecule has 0 spiro atoms. The van der Waals surface area contributed by atoms with Crippen LogP contribution >= 0.6 is 0 Å². The van der Waals surface area contributed by atoms with Crippen molar-refractivity contribution in [1.82, 2.24) is 19.9 Å². The highest BCUT2D eigenvalue weighted by Crippen LogP contribution is 2.30. The van der Waals surface area contributed by atoms with Gasteiger partial charge in [-0.3, -0.25) is 9.78 Å². The average Bonchev–Trinajstić information content (AvgIpc) is 2.61. The molecular weight excluding hydrogens is 314 g/mol.